The van der Waals surface area contributed by atoms with Gasteiger partial charge in [-0.15, -0.1) is 0 Å². The Kier molecular flexibility index (Phi) is 5.29. The zero-order chi connectivity index (χ0) is 12.8. The van der Waals surface area contributed by atoms with E-state index < -0.39 is 0 Å². The van der Waals surface area contributed by atoms with Crippen molar-refractivity contribution in [2.75, 3.05) is 33.2 Å². The van der Waals surface area contributed by atoms with Crippen LogP contribution in [0.1, 0.15) is 39.0 Å². The van der Waals surface area contributed by atoms with E-state index in [0.29, 0.717) is 6.04 Å². The van der Waals surface area contributed by atoms with Crippen LogP contribution < -0.4 is 10.6 Å². The normalized spacial score (nSPS) is 23.1. The third-order valence-electron chi connectivity index (χ3n) is 4.11. The SMILES string of the molecule is CCC(CNC(=NC)NCC1CC1)N1CCCC1. The van der Waals surface area contributed by atoms with E-state index in [9.17, 15) is 0 Å². The summed E-state index contributed by atoms with van der Waals surface area (Å²) in [7, 11) is 1.86. The van der Waals surface area contributed by atoms with Gasteiger partial charge in [-0.2, -0.15) is 0 Å². The Labute approximate surface area is 111 Å². The largest absolute Gasteiger partial charge is 0.356 e. The molecule has 0 amide bonds. The molecule has 1 aliphatic heterocycles. The van der Waals surface area contributed by atoms with Crippen LogP contribution >= 0.6 is 0 Å². The van der Waals surface area contributed by atoms with Crippen molar-refractivity contribution in [3.05, 3.63) is 0 Å². The Morgan fingerprint density at radius 3 is 2.56 bits per heavy atom. The summed E-state index contributed by atoms with van der Waals surface area (Å²) in [5.74, 6) is 1.86. The molecule has 104 valence electrons. The molecule has 2 rings (SSSR count). The fourth-order valence-electron chi connectivity index (χ4n) is 2.64. The molecule has 18 heavy (non-hydrogen) atoms. The van der Waals surface area contributed by atoms with Crippen molar-refractivity contribution in [3.63, 3.8) is 0 Å². The molecule has 1 saturated carbocycles. The van der Waals surface area contributed by atoms with Gasteiger partial charge in [-0.3, -0.25) is 9.89 Å². The van der Waals surface area contributed by atoms with Crippen molar-refractivity contribution in [2.24, 2.45) is 10.9 Å². The first-order valence-electron chi connectivity index (χ1n) is 7.52. The van der Waals surface area contributed by atoms with E-state index in [-0.39, 0.29) is 0 Å². The second-order valence-corrected chi connectivity index (χ2v) is 5.58. The van der Waals surface area contributed by atoms with Crippen molar-refractivity contribution < 1.29 is 0 Å². The minimum Gasteiger partial charge on any atom is -0.356 e. The number of nitrogens with zero attached hydrogens (tertiary/aromatic N) is 2. The maximum Gasteiger partial charge on any atom is 0.191 e. The van der Waals surface area contributed by atoms with Gasteiger partial charge in [0.2, 0.25) is 0 Å². The Balaban J connectivity index is 1.69. The summed E-state index contributed by atoms with van der Waals surface area (Å²) in [6.45, 7) is 6.93. The molecule has 0 bridgehead atoms. The first-order chi connectivity index (χ1) is 8.83. The van der Waals surface area contributed by atoms with E-state index in [1.54, 1.807) is 0 Å². The summed E-state index contributed by atoms with van der Waals surface area (Å²) in [6, 6.07) is 0.659. The Hall–Kier alpha value is -0.770. The van der Waals surface area contributed by atoms with Gasteiger partial charge in [0.05, 0.1) is 0 Å². The van der Waals surface area contributed by atoms with Gasteiger partial charge in [-0.25, -0.2) is 0 Å². The predicted octanol–water partition coefficient (Wildman–Crippen LogP) is 1.44. The van der Waals surface area contributed by atoms with Gasteiger partial charge in [0.15, 0.2) is 5.96 Å². The van der Waals surface area contributed by atoms with E-state index in [1.165, 1.54) is 45.2 Å². The molecule has 1 unspecified atom stereocenters. The Morgan fingerprint density at radius 1 is 1.28 bits per heavy atom. The van der Waals surface area contributed by atoms with Crippen molar-refractivity contribution in [1.29, 1.82) is 0 Å². The minimum atomic E-state index is 0.659. The molecule has 2 N–H and O–H groups in total. The van der Waals surface area contributed by atoms with E-state index in [1.807, 2.05) is 7.05 Å². The molecule has 0 aromatic heterocycles. The van der Waals surface area contributed by atoms with Crippen LogP contribution in [-0.2, 0) is 0 Å². The van der Waals surface area contributed by atoms with E-state index >= 15 is 0 Å². The first kappa shape index (κ1) is 13.7. The van der Waals surface area contributed by atoms with Gasteiger partial charge in [0.25, 0.3) is 0 Å². The lowest BCUT2D eigenvalue weighted by atomic mass is 10.2. The maximum absolute atomic E-state index is 4.30. The molecule has 4 nitrogen and oxygen atoms in total. The molecular formula is C14H28N4. The molecule has 2 fully saturated rings. The average molecular weight is 252 g/mol. The van der Waals surface area contributed by atoms with Gasteiger partial charge < -0.3 is 10.6 Å². The smallest absolute Gasteiger partial charge is 0.191 e. The molecule has 0 spiro atoms. The Bertz CT molecular complexity index is 267. The summed E-state index contributed by atoms with van der Waals surface area (Å²) in [5, 5.41) is 6.90. The van der Waals surface area contributed by atoms with Gasteiger partial charge in [-0.1, -0.05) is 6.92 Å². The molecule has 0 aromatic carbocycles. The minimum absolute atomic E-state index is 0.659. The van der Waals surface area contributed by atoms with Crippen LogP contribution in [0.2, 0.25) is 0 Å². The number of guanidine groups is 1. The summed E-state index contributed by atoms with van der Waals surface area (Å²) in [6.07, 6.45) is 6.72. The molecule has 1 heterocycles. The highest BCUT2D eigenvalue weighted by atomic mass is 15.2. The molecule has 4 heteroatoms. The molecule has 1 aliphatic carbocycles. The van der Waals surface area contributed by atoms with Crippen molar-refractivity contribution in [2.45, 2.75) is 45.1 Å². The van der Waals surface area contributed by atoms with Gasteiger partial charge in [0.1, 0.15) is 0 Å². The second-order valence-electron chi connectivity index (χ2n) is 5.58. The predicted molar refractivity (Wildman–Crippen MR) is 77.0 cm³/mol. The van der Waals surface area contributed by atoms with Crippen LogP contribution in [0.3, 0.4) is 0 Å². The van der Waals surface area contributed by atoms with Gasteiger partial charge >= 0.3 is 0 Å². The number of rotatable bonds is 6. The van der Waals surface area contributed by atoms with Crippen molar-refractivity contribution >= 4 is 5.96 Å². The fourth-order valence-corrected chi connectivity index (χ4v) is 2.64. The highest BCUT2D eigenvalue weighted by molar-refractivity contribution is 5.79. The van der Waals surface area contributed by atoms with Crippen LogP contribution in [0.15, 0.2) is 4.99 Å². The molecule has 0 radical (unpaired) electrons. The second kappa shape index (κ2) is 6.98. The molecule has 0 aromatic rings. The number of likely N-dealkylation sites (tertiary alicyclic amines) is 1. The number of hydrogen-bond acceptors (Lipinski definition) is 2. The topological polar surface area (TPSA) is 39.7 Å². The monoisotopic (exact) mass is 252 g/mol. The molecule has 1 saturated heterocycles. The van der Waals surface area contributed by atoms with Crippen LogP contribution in [0.5, 0.6) is 0 Å². The van der Waals surface area contributed by atoms with Crippen LogP contribution in [0.4, 0.5) is 0 Å². The van der Waals surface area contributed by atoms with Gasteiger partial charge in [0, 0.05) is 26.2 Å². The van der Waals surface area contributed by atoms with Crippen LogP contribution in [0, 0.1) is 5.92 Å². The maximum atomic E-state index is 4.30. The van der Waals surface area contributed by atoms with Crippen LogP contribution in [0.25, 0.3) is 0 Å². The lowest BCUT2D eigenvalue weighted by Crippen LogP contribution is -2.46. The highest BCUT2D eigenvalue weighted by Crippen LogP contribution is 2.27. The van der Waals surface area contributed by atoms with E-state index in [0.717, 1.165) is 25.0 Å². The summed E-state index contributed by atoms with van der Waals surface area (Å²) >= 11 is 0. The lowest BCUT2D eigenvalue weighted by Gasteiger charge is -2.27. The van der Waals surface area contributed by atoms with Crippen molar-refractivity contribution in [3.8, 4) is 0 Å². The van der Waals surface area contributed by atoms with Crippen LogP contribution in [-0.4, -0.2) is 50.1 Å². The quantitative estimate of drug-likeness (QED) is 0.555. The highest BCUT2D eigenvalue weighted by Gasteiger charge is 2.22. The first-order valence-corrected chi connectivity index (χ1v) is 7.52. The lowest BCUT2D eigenvalue weighted by molar-refractivity contribution is 0.236. The van der Waals surface area contributed by atoms with Gasteiger partial charge in [-0.05, 0) is 51.1 Å². The third kappa shape index (κ3) is 4.16. The summed E-state index contributed by atoms with van der Waals surface area (Å²) in [4.78, 5) is 6.91. The molecular weight excluding hydrogens is 224 g/mol. The van der Waals surface area contributed by atoms with Crippen molar-refractivity contribution in [1.82, 2.24) is 15.5 Å². The number of nitrogens with one attached hydrogen (secondary N) is 2. The van der Waals surface area contributed by atoms with E-state index in [2.05, 4.69) is 27.4 Å². The zero-order valence-electron chi connectivity index (χ0n) is 11.9. The third-order valence-corrected chi connectivity index (χ3v) is 4.11. The summed E-state index contributed by atoms with van der Waals surface area (Å²) in [5.41, 5.74) is 0. The zero-order valence-corrected chi connectivity index (χ0v) is 11.9. The number of hydrogen-bond donors (Lipinski definition) is 2. The number of aliphatic imine (C=N–C) groups is 1. The molecule has 1 atom stereocenters. The standard InChI is InChI=1S/C14H28N4/c1-3-13(18-8-4-5-9-18)11-17-14(15-2)16-10-12-6-7-12/h12-13H,3-11H2,1-2H3,(H2,15,16,17). The van der Waals surface area contributed by atoms with E-state index in [4.69, 9.17) is 0 Å². The average Bonchev–Trinajstić information content (AvgIpc) is 3.07. The Morgan fingerprint density at radius 2 is 2.00 bits per heavy atom. The molecule has 2 aliphatic rings. The fraction of sp³-hybridized carbons (Fsp3) is 0.929. The summed E-state index contributed by atoms with van der Waals surface area (Å²) < 4.78 is 0.